The second-order valence-electron chi connectivity index (χ2n) is 5.10. The molecule has 3 unspecified atom stereocenters. The molecule has 3 atom stereocenters. The predicted octanol–water partition coefficient (Wildman–Crippen LogP) is 3.76. The monoisotopic (exact) mass is 299 g/mol. The SMILES string of the molecule is CCNC1CCCCCC1S(=O)c1cccc(Cl)c1. The highest BCUT2D eigenvalue weighted by Crippen LogP contribution is 2.26. The van der Waals surface area contributed by atoms with E-state index in [0.717, 1.165) is 24.3 Å². The first-order valence-corrected chi connectivity index (χ1v) is 8.71. The van der Waals surface area contributed by atoms with Crippen molar-refractivity contribution < 1.29 is 4.21 Å². The summed E-state index contributed by atoms with van der Waals surface area (Å²) in [4.78, 5) is 0.863. The molecule has 1 aliphatic rings. The van der Waals surface area contributed by atoms with E-state index in [1.807, 2.05) is 24.3 Å². The van der Waals surface area contributed by atoms with Crippen LogP contribution in [-0.2, 0) is 10.8 Å². The van der Waals surface area contributed by atoms with Gasteiger partial charge >= 0.3 is 0 Å². The summed E-state index contributed by atoms with van der Waals surface area (Å²) >= 11 is 6.01. The fourth-order valence-electron chi connectivity index (χ4n) is 2.79. The van der Waals surface area contributed by atoms with Crippen molar-refractivity contribution in [3.8, 4) is 0 Å². The Kier molecular flexibility index (Phi) is 5.86. The Bertz CT molecular complexity index is 438. The van der Waals surface area contributed by atoms with E-state index in [-0.39, 0.29) is 5.25 Å². The van der Waals surface area contributed by atoms with E-state index < -0.39 is 10.8 Å². The molecule has 1 saturated carbocycles. The fourth-order valence-corrected chi connectivity index (χ4v) is 4.76. The maximum absolute atomic E-state index is 12.8. The molecule has 1 N–H and O–H groups in total. The van der Waals surface area contributed by atoms with Crippen molar-refractivity contribution in [3.63, 3.8) is 0 Å². The smallest absolute Gasteiger partial charge is 0.0577 e. The van der Waals surface area contributed by atoms with Gasteiger partial charge in [0.25, 0.3) is 0 Å². The molecule has 2 rings (SSSR count). The van der Waals surface area contributed by atoms with Crippen LogP contribution in [0, 0.1) is 0 Å². The summed E-state index contributed by atoms with van der Waals surface area (Å²) in [5.41, 5.74) is 0. The van der Waals surface area contributed by atoms with Crippen LogP contribution in [0.25, 0.3) is 0 Å². The normalized spacial score (nSPS) is 25.8. The first-order chi connectivity index (χ1) is 9.22. The molecule has 2 nitrogen and oxygen atoms in total. The standard InChI is InChI=1S/C15H22ClNOS/c1-2-17-14-9-4-3-5-10-15(14)19(18)13-8-6-7-12(16)11-13/h6-8,11,14-15,17H,2-5,9-10H2,1H3. The molecule has 4 heteroatoms. The second kappa shape index (κ2) is 7.41. The molecule has 0 amide bonds. The quantitative estimate of drug-likeness (QED) is 0.858. The molecule has 1 aliphatic carbocycles. The number of hydrogen-bond donors (Lipinski definition) is 1. The summed E-state index contributed by atoms with van der Waals surface area (Å²) in [5, 5.41) is 4.39. The Morgan fingerprint density at radius 1 is 1.32 bits per heavy atom. The molecule has 19 heavy (non-hydrogen) atoms. The Balaban J connectivity index is 2.18. The Labute approximate surface area is 123 Å². The first kappa shape index (κ1) is 15.0. The second-order valence-corrected chi connectivity index (χ2v) is 7.20. The van der Waals surface area contributed by atoms with Crippen LogP contribution < -0.4 is 5.32 Å². The van der Waals surface area contributed by atoms with Gasteiger partial charge in [-0.15, -0.1) is 0 Å². The summed E-state index contributed by atoms with van der Waals surface area (Å²) in [5.74, 6) is 0. The third-order valence-electron chi connectivity index (χ3n) is 3.72. The molecule has 0 radical (unpaired) electrons. The topological polar surface area (TPSA) is 29.1 Å². The van der Waals surface area contributed by atoms with E-state index in [4.69, 9.17) is 11.6 Å². The molecule has 0 bridgehead atoms. The minimum atomic E-state index is -0.970. The lowest BCUT2D eigenvalue weighted by Gasteiger charge is -2.25. The molecule has 1 aromatic rings. The van der Waals surface area contributed by atoms with Gasteiger partial charge in [0.1, 0.15) is 0 Å². The molecule has 1 aromatic carbocycles. The lowest BCUT2D eigenvalue weighted by Crippen LogP contribution is -2.41. The van der Waals surface area contributed by atoms with Crippen molar-refractivity contribution in [3.05, 3.63) is 29.3 Å². The molecule has 0 heterocycles. The van der Waals surface area contributed by atoms with Crippen LogP contribution in [0.1, 0.15) is 39.0 Å². The third kappa shape index (κ3) is 4.04. The zero-order chi connectivity index (χ0) is 13.7. The summed E-state index contributed by atoms with van der Waals surface area (Å²) in [6, 6.07) is 7.85. The van der Waals surface area contributed by atoms with Gasteiger partial charge in [0, 0.05) is 16.0 Å². The fraction of sp³-hybridized carbons (Fsp3) is 0.600. The summed E-state index contributed by atoms with van der Waals surface area (Å²) < 4.78 is 12.8. The van der Waals surface area contributed by atoms with Crippen LogP contribution in [0.2, 0.25) is 5.02 Å². The average molecular weight is 300 g/mol. The van der Waals surface area contributed by atoms with Crippen LogP contribution in [0.5, 0.6) is 0 Å². The van der Waals surface area contributed by atoms with Gasteiger partial charge in [0.15, 0.2) is 0 Å². The van der Waals surface area contributed by atoms with Gasteiger partial charge in [-0.1, -0.05) is 43.9 Å². The van der Waals surface area contributed by atoms with E-state index in [2.05, 4.69) is 12.2 Å². The lowest BCUT2D eigenvalue weighted by atomic mass is 10.1. The lowest BCUT2D eigenvalue weighted by molar-refractivity contribution is 0.474. The summed E-state index contributed by atoms with van der Waals surface area (Å²) in [6.45, 7) is 3.05. The number of hydrogen-bond acceptors (Lipinski definition) is 2. The van der Waals surface area contributed by atoms with Gasteiger partial charge in [-0.3, -0.25) is 4.21 Å². The van der Waals surface area contributed by atoms with Gasteiger partial charge in [-0.25, -0.2) is 0 Å². The molecule has 106 valence electrons. The van der Waals surface area contributed by atoms with E-state index in [0.29, 0.717) is 11.1 Å². The van der Waals surface area contributed by atoms with Crippen molar-refractivity contribution in [2.24, 2.45) is 0 Å². The van der Waals surface area contributed by atoms with E-state index >= 15 is 0 Å². The predicted molar refractivity (Wildman–Crippen MR) is 82.2 cm³/mol. The van der Waals surface area contributed by atoms with Crippen molar-refractivity contribution in [2.45, 2.75) is 55.2 Å². The molecule has 0 aromatic heterocycles. The van der Waals surface area contributed by atoms with Gasteiger partial charge in [-0.05, 0) is 37.6 Å². The van der Waals surface area contributed by atoms with E-state index in [9.17, 15) is 4.21 Å². The maximum atomic E-state index is 12.8. The summed E-state index contributed by atoms with van der Waals surface area (Å²) in [6.07, 6.45) is 5.84. The van der Waals surface area contributed by atoms with Gasteiger partial charge < -0.3 is 5.32 Å². The van der Waals surface area contributed by atoms with Crippen LogP contribution in [0.3, 0.4) is 0 Å². The van der Waals surface area contributed by atoms with Crippen molar-refractivity contribution in [1.29, 1.82) is 0 Å². The van der Waals surface area contributed by atoms with Crippen molar-refractivity contribution >= 4 is 22.4 Å². The highest BCUT2D eigenvalue weighted by molar-refractivity contribution is 7.85. The van der Waals surface area contributed by atoms with E-state index in [1.165, 1.54) is 19.3 Å². The molecular formula is C15H22ClNOS. The van der Waals surface area contributed by atoms with Crippen LogP contribution >= 0.6 is 11.6 Å². The zero-order valence-electron chi connectivity index (χ0n) is 11.4. The van der Waals surface area contributed by atoms with E-state index in [1.54, 1.807) is 0 Å². The largest absolute Gasteiger partial charge is 0.313 e. The third-order valence-corrected chi connectivity index (χ3v) is 5.79. The van der Waals surface area contributed by atoms with Gasteiger partial charge in [0.05, 0.1) is 16.0 Å². The molecular weight excluding hydrogens is 278 g/mol. The highest BCUT2D eigenvalue weighted by Gasteiger charge is 2.28. The highest BCUT2D eigenvalue weighted by atomic mass is 35.5. The molecule has 1 fully saturated rings. The van der Waals surface area contributed by atoms with Crippen LogP contribution in [-0.4, -0.2) is 22.0 Å². The van der Waals surface area contributed by atoms with Gasteiger partial charge in [0.2, 0.25) is 0 Å². The number of nitrogens with one attached hydrogen (secondary N) is 1. The molecule has 0 aliphatic heterocycles. The summed E-state index contributed by atoms with van der Waals surface area (Å²) in [7, 11) is -0.970. The maximum Gasteiger partial charge on any atom is 0.0577 e. The average Bonchev–Trinajstić information content (AvgIpc) is 2.64. The molecule has 0 saturated heterocycles. The Morgan fingerprint density at radius 2 is 2.11 bits per heavy atom. The first-order valence-electron chi connectivity index (χ1n) is 7.12. The number of halogens is 1. The Hall–Kier alpha value is -0.380. The minimum Gasteiger partial charge on any atom is -0.313 e. The van der Waals surface area contributed by atoms with Crippen molar-refractivity contribution in [2.75, 3.05) is 6.54 Å². The number of benzene rings is 1. The van der Waals surface area contributed by atoms with Gasteiger partial charge in [-0.2, -0.15) is 0 Å². The van der Waals surface area contributed by atoms with Crippen LogP contribution in [0.15, 0.2) is 29.2 Å². The number of rotatable bonds is 4. The van der Waals surface area contributed by atoms with Crippen molar-refractivity contribution in [1.82, 2.24) is 5.32 Å². The zero-order valence-corrected chi connectivity index (χ0v) is 13.0. The van der Waals surface area contributed by atoms with Crippen LogP contribution in [0.4, 0.5) is 0 Å². The minimum absolute atomic E-state index is 0.209. The molecule has 0 spiro atoms. The Morgan fingerprint density at radius 3 is 2.84 bits per heavy atom.